The van der Waals surface area contributed by atoms with Gasteiger partial charge in [-0.05, 0) is 125 Å². The van der Waals surface area contributed by atoms with Crippen molar-refractivity contribution in [3.05, 3.63) is 70.3 Å². The predicted octanol–water partition coefficient (Wildman–Crippen LogP) is 6.91. The molecule has 4 atom stereocenters. The van der Waals surface area contributed by atoms with Gasteiger partial charge in [0.25, 0.3) is 5.91 Å². The van der Waals surface area contributed by atoms with Gasteiger partial charge in [0, 0.05) is 55.8 Å². The fourth-order valence-electron chi connectivity index (χ4n) is 9.42. The lowest BCUT2D eigenvalue weighted by molar-refractivity contribution is -0.178. The predicted molar refractivity (Wildman–Crippen MR) is 206 cm³/mol. The molecule has 5 aliphatic rings. The minimum atomic E-state index is -3.80. The number of fused-ring (bicyclic) bond motifs is 3. The molecule has 7 rings (SSSR count). The molecule has 2 aromatic rings. The van der Waals surface area contributed by atoms with Gasteiger partial charge in [0.2, 0.25) is 10.0 Å². The molecule has 52 heavy (non-hydrogen) atoms. The quantitative estimate of drug-likeness (QED) is 0.248. The van der Waals surface area contributed by atoms with E-state index in [4.69, 9.17) is 25.8 Å². The van der Waals surface area contributed by atoms with Crippen molar-refractivity contribution >= 4 is 33.2 Å². The lowest BCUT2D eigenvalue weighted by Gasteiger charge is -2.53. The number of nitrogens with one attached hydrogen (secondary N) is 1. The molecule has 1 amide bonds. The number of aryl methyl sites for hydroxylation is 1. The van der Waals surface area contributed by atoms with Crippen LogP contribution in [0.3, 0.4) is 0 Å². The normalized spacial score (nSPS) is 26.9. The number of sulfonamides is 1. The third kappa shape index (κ3) is 7.27. The summed E-state index contributed by atoms with van der Waals surface area (Å²) in [5.74, 6) is 0.720. The Bertz CT molecular complexity index is 1770. The number of likely N-dealkylation sites (tertiary alicyclic amines) is 1. The second-order valence-corrected chi connectivity index (χ2v) is 19.0. The van der Waals surface area contributed by atoms with E-state index in [1.807, 2.05) is 25.3 Å². The number of halogens is 1. The van der Waals surface area contributed by atoms with Crippen LogP contribution in [0.15, 0.2) is 48.6 Å². The Labute approximate surface area is 315 Å². The number of anilines is 1. The van der Waals surface area contributed by atoms with Crippen molar-refractivity contribution in [2.75, 3.05) is 57.9 Å². The van der Waals surface area contributed by atoms with Crippen LogP contribution in [0.4, 0.5) is 5.69 Å². The summed E-state index contributed by atoms with van der Waals surface area (Å²) in [5.41, 5.74) is 3.08. The Kier molecular flexibility index (Phi) is 10.8. The number of benzene rings is 2. The van der Waals surface area contributed by atoms with Crippen LogP contribution in [0.5, 0.6) is 5.75 Å². The van der Waals surface area contributed by atoms with E-state index in [-0.39, 0.29) is 11.0 Å². The highest BCUT2D eigenvalue weighted by molar-refractivity contribution is 7.90. The van der Waals surface area contributed by atoms with E-state index < -0.39 is 26.8 Å². The summed E-state index contributed by atoms with van der Waals surface area (Å²) < 4.78 is 47.0. The molecule has 11 heteroatoms. The number of carbonyl (C=O) groups is 1. The van der Waals surface area contributed by atoms with Gasteiger partial charge in [-0.1, -0.05) is 36.7 Å². The molecule has 0 unspecified atom stereocenters. The highest BCUT2D eigenvalue weighted by Gasteiger charge is 2.51. The maximum atomic E-state index is 13.4. The number of ether oxygens (including phenoxy) is 3. The van der Waals surface area contributed by atoms with Gasteiger partial charge < -0.3 is 19.1 Å². The lowest BCUT2D eigenvalue weighted by Crippen LogP contribution is -2.59. The molecule has 9 nitrogen and oxygen atoms in total. The first kappa shape index (κ1) is 37.7. The first-order chi connectivity index (χ1) is 24.9. The summed E-state index contributed by atoms with van der Waals surface area (Å²) in [6.45, 7) is 11.1. The van der Waals surface area contributed by atoms with E-state index in [9.17, 15) is 13.2 Å². The van der Waals surface area contributed by atoms with Gasteiger partial charge in [0.15, 0.2) is 0 Å². The Morgan fingerprint density at radius 3 is 2.58 bits per heavy atom. The van der Waals surface area contributed by atoms with Crippen molar-refractivity contribution in [3.8, 4) is 5.75 Å². The third-order valence-corrected chi connectivity index (χ3v) is 14.8. The Morgan fingerprint density at radius 1 is 1.13 bits per heavy atom. The molecular weight excluding hydrogens is 698 g/mol. The molecule has 2 aromatic carbocycles. The minimum Gasteiger partial charge on any atom is -0.490 e. The summed E-state index contributed by atoms with van der Waals surface area (Å²) in [5, 5.41) is 0.0164. The monoisotopic (exact) mass is 753 g/mol. The van der Waals surface area contributed by atoms with Gasteiger partial charge in [0.05, 0.1) is 29.8 Å². The summed E-state index contributed by atoms with van der Waals surface area (Å²) in [6, 6.07) is 11.6. The summed E-state index contributed by atoms with van der Waals surface area (Å²) in [4.78, 5) is 18.4. The first-order valence-electron chi connectivity index (χ1n) is 19.4. The number of carbonyl (C=O) groups excluding carboxylic acids is 1. The van der Waals surface area contributed by atoms with Crippen LogP contribution in [-0.4, -0.2) is 88.7 Å². The molecule has 0 bridgehead atoms. The lowest BCUT2D eigenvalue weighted by atomic mass is 9.63. The Hall–Kier alpha value is -2.63. The molecule has 1 N–H and O–H groups in total. The van der Waals surface area contributed by atoms with Gasteiger partial charge in [-0.2, -0.15) is 0 Å². The second kappa shape index (κ2) is 14.9. The molecule has 3 aliphatic heterocycles. The SMILES string of the molecule is CC/C=C/[C@](CN1CCC2(CCO2)CC1)(OC)[C@@H]1CC[C@H]1CN1C[C@@]2(CCCc3cc(Cl)ccc32)COc2ccc(C(=O)NS(=O)(=O)C(C)C)cc21. The fourth-order valence-corrected chi connectivity index (χ4v) is 10.2. The number of piperidine rings is 1. The van der Waals surface area contributed by atoms with Crippen LogP contribution >= 0.6 is 11.6 Å². The van der Waals surface area contributed by atoms with Crippen LogP contribution in [-0.2, 0) is 31.3 Å². The van der Waals surface area contributed by atoms with Crippen molar-refractivity contribution in [2.24, 2.45) is 11.8 Å². The van der Waals surface area contributed by atoms with Crippen molar-refractivity contribution in [1.82, 2.24) is 9.62 Å². The fraction of sp³-hybridized carbons (Fsp3) is 0.634. The number of amides is 1. The smallest absolute Gasteiger partial charge is 0.264 e. The number of nitrogens with zero attached hydrogens (tertiary/aromatic N) is 2. The van der Waals surface area contributed by atoms with Crippen LogP contribution in [0.1, 0.15) is 93.6 Å². The number of methoxy groups -OCH3 is 1. The highest BCUT2D eigenvalue weighted by atomic mass is 35.5. The zero-order valence-corrected chi connectivity index (χ0v) is 32.9. The van der Waals surface area contributed by atoms with Gasteiger partial charge in [-0.25, -0.2) is 13.1 Å². The molecule has 2 saturated heterocycles. The average molecular weight is 754 g/mol. The largest absolute Gasteiger partial charge is 0.490 e. The number of rotatable bonds is 11. The number of hydrogen-bond donors (Lipinski definition) is 1. The van der Waals surface area contributed by atoms with Crippen molar-refractivity contribution in [3.63, 3.8) is 0 Å². The Balaban J connectivity index is 1.21. The maximum Gasteiger partial charge on any atom is 0.264 e. The van der Waals surface area contributed by atoms with Crippen LogP contribution < -0.4 is 14.4 Å². The average Bonchev–Trinajstić information content (AvgIpc) is 3.25. The highest BCUT2D eigenvalue weighted by Crippen LogP contribution is 2.49. The van der Waals surface area contributed by atoms with Crippen molar-refractivity contribution in [2.45, 2.75) is 100 Å². The van der Waals surface area contributed by atoms with Gasteiger partial charge in [-0.15, -0.1) is 0 Å². The minimum absolute atomic E-state index is 0.0977. The molecule has 2 aliphatic carbocycles. The molecule has 284 valence electrons. The molecule has 2 spiro atoms. The summed E-state index contributed by atoms with van der Waals surface area (Å²) in [7, 11) is -1.92. The second-order valence-electron chi connectivity index (χ2n) is 16.3. The van der Waals surface area contributed by atoms with Gasteiger partial charge in [-0.3, -0.25) is 9.69 Å². The molecule has 1 saturated carbocycles. The maximum absolute atomic E-state index is 13.4. The van der Waals surface area contributed by atoms with E-state index in [2.05, 4.69) is 45.7 Å². The van der Waals surface area contributed by atoms with Crippen molar-refractivity contribution in [1.29, 1.82) is 0 Å². The first-order valence-corrected chi connectivity index (χ1v) is 21.3. The van der Waals surface area contributed by atoms with Crippen LogP contribution in [0, 0.1) is 11.8 Å². The topological polar surface area (TPSA) is 97.4 Å². The van der Waals surface area contributed by atoms with Gasteiger partial charge >= 0.3 is 0 Å². The standard InChI is InChI=1S/C41H56ClN3O6S/c1-5-6-16-41(49-4,27-44-20-17-40(18-21-44)19-22-51-40)35-12-9-32(35)25-45-26-39(15-7-8-30-23-33(42)11-13-34(30)39)28-50-37-14-10-31(24-36(37)45)38(46)43-52(47,48)29(2)3/h6,10-11,13-14,16,23-24,29,32,35H,5,7-9,12,15,17-22,25-28H2,1-4H3,(H,43,46)/b16-6+/t32-,35+,39-,41+/m0/s1. The van der Waals surface area contributed by atoms with Gasteiger partial charge in [0.1, 0.15) is 11.4 Å². The molecular formula is C41H56ClN3O6S. The van der Waals surface area contributed by atoms with Crippen LogP contribution in [0.2, 0.25) is 5.02 Å². The van der Waals surface area contributed by atoms with Crippen molar-refractivity contribution < 1.29 is 27.4 Å². The summed E-state index contributed by atoms with van der Waals surface area (Å²) >= 11 is 6.50. The number of allylic oxidation sites excluding steroid dienone is 1. The molecule has 3 heterocycles. The zero-order valence-electron chi connectivity index (χ0n) is 31.3. The van der Waals surface area contributed by atoms with Crippen LogP contribution in [0.25, 0.3) is 0 Å². The third-order valence-electron chi connectivity index (χ3n) is 12.9. The van der Waals surface area contributed by atoms with E-state index in [1.165, 1.54) is 17.5 Å². The number of hydrogen-bond acceptors (Lipinski definition) is 8. The van der Waals surface area contributed by atoms with E-state index in [0.29, 0.717) is 36.3 Å². The Morgan fingerprint density at radius 2 is 1.92 bits per heavy atom. The van der Waals surface area contributed by atoms with E-state index >= 15 is 0 Å². The summed E-state index contributed by atoms with van der Waals surface area (Å²) in [6.07, 6.45) is 14.0. The molecule has 0 aromatic heterocycles. The van der Waals surface area contributed by atoms with E-state index in [1.54, 1.807) is 19.9 Å². The molecule has 3 fully saturated rings. The van der Waals surface area contributed by atoms with E-state index in [0.717, 1.165) is 94.9 Å². The molecule has 0 radical (unpaired) electrons. The zero-order chi connectivity index (χ0) is 36.7.